The number of nitrogens with zero attached hydrogens (tertiary/aromatic N) is 1. The Labute approximate surface area is 135 Å². The molecule has 0 aliphatic carbocycles. The molecule has 5 nitrogen and oxygen atoms in total. The quantitative estimate of drug-likeness (QED) is 0.805. The first-order valence-corrected chi connectivity index (χ1v) is 7.44. The van der Waals surface area contributed by atoms with E-state index in [1.54, 1.807) is 24.4 Å². The molecule has 2 rings (SSSR count). The van der Waals surface area contributed by atoms with E-state index in [9.17, 15) is 9.59 Å². The van der Waals surface area contributed by atoms with Crippen LogP contribution in [0.2, 0.25) is 0 Å². The van der Waals surface area contributed by atoms with Gasteiger partial charge in [-0.1, -0.05) is 26.0 Å². The summed E-state index contributed by atoms with van der Waals surface area (Å²) in [6, 6.07) is 11.0. The van der Waals surface area contributed by atoms with E-state index in [0.29, 0.717) is 17.2 Å². The zero-order valence-corrected chi connectivity index (χ0v) is 13.2. The van der Waals surface area contributed by atoms with Crippen molar-refractivity contribution in [3.8, 4) is 0 Å². The predicted molar refractivity (Wildman–Crippen MR) is 89.8 cm³/mol. The van der Waals surface area contributed by atoms with Gasteiger partial charge in [0, 0.05) is 17.8 Å². The van der Waals surface area contributed by atoms with Crippen LogP contribution in [-0.4, -0.2) is 21.7 Å². The number of aromatic nitrogens is 1. The van der Waals surface area contributed by atoms with Crippen LogP contribution in [0.5, 0.6) is 0 Å². The van der Waals surface area contributed by atoms with Crippen molar-refractivity contribution in [1.82, 2.24) is 4.68 Å². The van der Waals surface area contributed by atoms with E-state index in [0.717, 1.165) is 18.1 Å². The maximum atomic E-state index is 12.4. The first kappa shape index (κ1) is 16.5. The number of hydrogen-bond donors (Lipinski definition) is 2. The lowest BCUT2D eigenvalue weighted by Gasteiger charge is -2.10. The highest BCUT2D eigenvalue weighted by Crippen LogP contribution is 2.11. The lowest BCUT2D eigenvalue weighted by molar-refractivity contribution is -0.131. The Morgan fingerprint density at radius 3 is 2.74 bits per heavy atom. The highest BCUT2D eigenvalue weighted by atomic mass is 16.4. The Kier molecular flexibility index (Phi) is 5.36. The molecule has 0 atom stereocenters. The van der Waals surface area contributed by atoms with Crippen molar-refractivity contribution in [2.75, 3.05) is 5.43 Å². The summed E-state index contributed by atoms with van der Waals surface area (Å²) in [5, 5.41) is 8.68. The minimum Gasteiger partial charge on any atom is -0.478 e. The third-order valence-corrected chi connectivity index (χ3v) is 3.23. The summed E-state index contributed by atoms with van der Waals surface area (Å²) in [7, 11) is 0. The van der Waals surface area contributed by atoms with Crippen molar-refractivity contribution < 1.29 is 14.7 Å². The fourth-order valence-electron chi connectivity index (χ4n) is 2.27. The van der Waals surface area contributed by atoms with Crippen molar-refractivity contribution in [2.45, 2.75) is 20.3 Å². The summed E-state index contributed by atoms with van der Waals surface area (Å²) >= 11 is 0. The number of carboxylic acids is 1. The largest absolute Gasteiger partial charge is 0.478 e. The molecule has 0 spiro atoms. The average Bonchev–Trinajstić information content (AvgIpc) is 2.92. The molecule has 0 aliphatic rings. The molecule has 1 amide bonds. The molecule has 0 radical (unpaired) electrons. The van der Waals surface area contributed by atoms with Gasteiger partial charge in [0.1, 0.15) is 0 Å². The standard InChI is InChI=1S/C18H20N2O3/c1-13(2)11-14-5-3-6-15(12-14)18(23)19-20-10-4-7-16(20)8-9-17(21)22/h3-10,12-13H,11H2,1-2H3,(H,19,23)(H,21,22). The first-order chi connectivity index (χ1) is 11.0. The second-order valence-electron chi connectivity index (χ2n) is 5.71. The number of rotatable bonds is 6. The lowest BCUT2D eigenvalue weighted by atomic mass is 10.0. The first-order valence-electron chi connectivity index (χ1n) is 7.44. The van der Waals surface area contributed by atoms with Crippen molar-refractivity contribution in [3.63, 3.8) is 0 Å². The number of nitrogens with one attached hydrogen (secondary N) is 1. The Balaban J connectivity index is 2.14. The highest BCUT2D eigenvalue weighted by molar-refractivity contribution is 6.00. The molecule has 5 heteroatoms. The summed E-state index contributed by atoms with van der Waals surface area (Å²) in [5.74, 6) is -0.757. The van der Waals surface area contributed by atoms with Gasteiger partial charge in [0.15, 0.2) is 0 Å². The van der Waals surface area contributed by atoms with Crippen molar-refractivity contribution >= 4 is 18.0 Å². The number of aliphatic carboxylic acids is 1. The van der Waals surface area contributed by atoms with Crippen molar-refractivity contribution in [1.29, 1.82) is 0 Å². The van der Waals surface area contributed by atoms with E-state index in [4.69, 9.17) is 5.11 Å². The number of hydrogen-bond acceptors (Lipinski definition) is 2. The van der Waals surface area contributed by atoms with E-state index >= 15 is 0 Å². The smallest absolute Gasteiger partial charge is 0.328 e. The van der Waals surface area contributed by atoms with Crippen LogP contribution in [-0.2, 0) is 11.2 Å². The SMILES string of the molecule is CC(C)Cc1cccc(C(=O)Nn2cccc2C=CC(=O)O)c1. The van der Waals surface area contributed by atoms with Crippen LogP contribution < -0.4 is 5.43 Å². The molecule has 1 aromatic carbocycles. The summed E-state index contributed by atoms with van der Waals surface area (Å²) in [6.07, 6.45) is 5.04. The zero-order valence-electron chi connectivity index (χ0n) is 13.2. The van der Waals surface area contributed by atoms with E-state index in [1.165, 1.54) is 10.8 Å². The molecule has 0 saturated heterocycles. The van der Waals surface area contributed by atoms with Crippen molar-refractivity contribution in [3.05, 3.63) is 65.5 Å². The molecule has 2 N–H and O–H groups in total. The number of benzene rings is 1. The van der Waals surface area contributed by atoms with E-state index < -0.39 is 5.97 Å². The van der Waals surface area contributed by atoms with Crippen LogP contribution in [0, 0.1) is 5.92 Å². The monoisotopic (exact) mass is 312 g/mol. The van der Waals surface area contributed by atoms with Crippen LogP contribution in [0.3, 0.4) is 0 Å². The number of carboxylic acid groups (broad SMARTS) is 1. The molecule has 0 bridgehead atoms. The summed E-state index contributed by atoms with van der Waals surface area (Å²) in [6.45, 7) is 4.27. The normalized spacial score (nSPS) is 11.1. The minimum absolute atomic E-state index is 0.239. The average molecular weight is 312 g/mol. The van der Waals surface area contributed by atoms with Gasteiger partial charge in [0.2, 0.25) is 0 Å². The number of amides is 1. The summed E-state index contributed by atoms with van der Waals surface area (Å²) < 4.78 is 1.50. The van der Waals surface area contributed by atoms with Gasteiger partial charge in [0.25, 0.3) is 5.91 Å². The van der Waals surface area contributed by atoms with Gasteiger partial charge in [-0.05, 0) is 48.2 Å². The summed E-state index contributed by atoms with van der Waals surface area (Å²) in [5.41, 5.74) is 5.02. The van der Waals surface area contributed by atoms with E-state index in [1.807, 2.05) is 18.2 Å². The fourth-order valence-corrected chi connectivity index (χ4v) is 2.27. The molecular weight excluding hydrogens is 292 g/mol. The van der Waals surface area contributed by atoms with Gasteiger partial charge < -0.3 is 5.11 Å². The third-order valence-electron chi connectivity index (χ3n) is 3.23. The third kappa shape index (κ3) is 4.85. The van der Waals surface area contributed by atoms with Crippen LogP contribution in [0.15, 0.2) is 48.7 Å². The zero-order chi connectivity index (χ0) is 16.8. The summed E-state index contributed by atoms with van der Waals surface area (Å²) in [4.78, 5) is 23.0. The maximum absolute atomic E-state index is 12.4. The highest BCUT2D eigenvalue weighted by Gasteiger charge is 2.08. The molecular formula is C18H20N2O3. The van der Waals surface area contributed by atoms with Crippen LogP contribution >= 0.6 is 0 Å². The Morgan fingerprint density at radius 2 is 2.04 bits per heavy atom. The Hall–Kier alpha value is -2.82. The molecule has 1 heterocycles. The number of carbonyl (C=O) groups excluding carboxylic acids is 1. The lowest BCUT2D eigenvalue weighted by Crippen LogP contribution is -2.23. The number of carbonyl (C=O) groups is 2. The molecule has 1 aromatic heterocycles. The van der Waals surface area contributed by atoms with Gasteiger partial charge in [-0.25, -0.2) is 4.79 Å². The second-order valence-corrected chi connectivity index (χ2v) is 5.71. The van der Waals surface area contributed by atoms with E-state index in [-0.39, 0.29) is 5.91 Å². The predicted octanol–water partition coefficient (Wildman–Crippen LogP) is 3.17. The second kappa shape index (κ2) is 7.45. The van der Waals surface area contributed by atoms with Gasteiger partial charge in [-0.3, -0.25) is 14.9 Å². The molecule has 120 valence electrons. The van der Waals surface area contributed by atoms with Crippen LogP contribution in [0.25, 0.3) is 6.08 Å². The molecule has 2 aromatic rings. The molecule has 23 heavy (non-hydrogen) atoms. The molecule has 0 fully saturated rings. The molecule has 0 aliphatic heterocycles. The van der Waals surface area contributed by atoms with Gasteiger partial charge in [-0.15, -0.1) is 0 Å². The van der Waals surface area contributed by atoms with Gasteiger partial charge in [-0.2, -0.15) is 0 Å². The van der Waals surface area contributed by atoms with Crippen LogP contribution in [0.4, 0.5) is 0 Å². The molecule has 0 unspecified atom stereocenters. The van der Waals surface area contributed by atoms with E-state index in [2.05, 4.69) is 19.3 Å². The van der Waals surface area contributed by atoms with Gasteiger partial charge in [0.05, 0.1) is 5.69 Å². The molecule has 0 saturated carbocycles. The van der Waals surface area contributed by atoms with Gasteiger partial charge >= 0.3 is 5.97 Å². The fraction of sp³-hybridized carbons (Fsp3) is 0.222. The topological polar surface area (TPSA) is 71.3 Å². The van der Waals surface area contributed by atoms with Crippen molar-refractivity contribution in [2.24, 2.45) is 5.92 Å². The van der Waals surface area contributed by atoms with Crippen LogP contribution in [0.1, 0.15) is 35.5 Å². The Morgan fingerprint density at radius 1 is 1.26 bits per heavy atom. The minimum atomic E-state index is -1.04. The Bertz CT molecular complexity index is 729. The maximum Gasteiger partial charge on any atom is 0.328 e.